The molecule has 42 heavy (non-hydrogen) atoms. The van der Waals surface area contributed by atoms with Gasteiger partial charge in [-0.2, -0.15) is 0 Å². The van der Waals surface area contributed by atoms with Crippen molar-refractivity contribution in [1.82, 2.24) is 25.1 Å². The summed E-state index contributed by atoms with van der Waals surface area (Å²) in [6.07, 6.45) is 2.45. The van der Waals surface area contributed by atoms with Crippen LogP contribution in [-0.4, -0.2) is 82.3 Å². The SMILES string of the molecule is COC(=O)N[C@@H]1C[C@H](N(CC(C)C)C(=O)c2cnc(C(C)(C)C)nc2NCc2ccco2)CN(C(=O)OC(C)(C)C)C1. The van der Waals surface area contributed by atoms with Crippen LogP contribution in [0.25, 0.3) is 0 Å². The van der Waals surface area contributed by atoms with E-state index >= 15 is 0 Å². The number of piperidine rings is 1. The van der Waals surface area contributed by atoms with Crippen LogP contribution in [0.4, 0.5) is 15.4 Å². The average molecular weight is 587 g/mol. The Morgan fingerprint density at radius 1 is 1.17 bits per heavy atom. The van der Waals surface area contributed by atoms with Crippen molar-refractivity contribution in [2.75, 3.05) is 32.1 Å². The standard InChI is InChI=1S/C30H46N6O6/c1-19(2)16-36(21-13-20(33-27(38)40-9)17-35(18-21)28(39)42-30(6,7)8)25(37)23-15-32-26(29(3,4)5)34-24(23)31-14-22-11-10-12-41-22/h10-12,15,19-21H,13-14,16-18H2,1-9H3,(H,33,38)(H,31,32,34)/t20-,21+/m1/s1. The summed E-state index contributed by atoms with van der Waals surface area (Å²) >= 11 is 0. The first-order chi connectivity index (χ1) is 19.6. The highest BCUT2D eigenvalue weighted by molar-refractivity contribution is 5.98. The van der Waals surface area contributed by atoms with E-state index in [0.29, 0.717) is 42.5 Å². The fourth-order valence-electron chi connectivity index (χ4n) is 4.67. The van der Waals surface area contributed by atoms with Crippen molar-refractivity contribution in [3.63, 3.8) is 0 Å². The maximum absolute atomic E-state index is 14.3. The third-order valence-corrected chi connectivity index (χ3v) is 6.55. The van der Waals surface area contributed by atoms with Gasteiger partial charge >= 0.3 is 12.2 Å². The number of carbonyl (C=O) groups excluding carboxylic acids is 3. The minimum absolute atomic E-state index is 0.118. The summed E-state index contributed by atoms with van der Waals surface area (Å²) in [6.45, 7) is 16.7. The highest BCUT2D eigenvalue weighted by Crippen LogP contribution is 2.27. The lowest BCUT2D eigenvalue weighted by molar-refractivity contribution is 0.00474. The fourth-order valence-corrected chi connectivity index (χ4v) is 4.67. The number of nitrogens with one attached hydrogen (secondary N) is 2. The minimum Gasteiger partial charge on any atom is -0.467 e. The number of hydrogen-bond donors (Lipinski definition) is 2. The van der Waals surface area contributed by atoms with Gasteiger partial charge < -0.3 is 34.3 Å². The van der Waals surface area contributed by atoms with Gasteiger partial charge in [0.25, 0.3) is 5.91 Å². The summed E-state index contributed by atoms with van der Waals surface area (Å²) in [6, 6.07) is 2.75. The molecule has 1 fully saturated rings. The number of ether oxygens (including phenoxy) is 2. The van der Waals surface area contributed by atoms with E-state index in [0.717, 1.165) is 0 Å². The van der Waals surface area contributed by atoms with Crippen LogP contribution in [0.3, 0.4) is 0 Å². The van der Waals surface area contributed by atoms with Crippen molar-refractivity contribution in [3.8, 4) is 0 Å². The van der Waals surface area contributed by atoms with Gasteiger partial charge in [-0.3, -0.25) is 4.79 Å². The Morgan fingerprint density at radius 3 is 2.45 bits per heavy atom. The molecule has 0 aliphatic carbocycles. The van der Waals surface area contributed by atoms with Crippen LogP contribution >= 0.6 is 0 Å². The molecule has 3 heterocycles. The van der Waals surface area contributed by atoms with Crippen LogP contribution in [-0.2, 0) is 21.4 Å². The number of amides is 3. The van der Waals surface area contributed by atoms with Crippen LogP contribution in [0.2, 0.25) is 0 Å². The van der Waals surface area contributed by atoms with Crippen LogP contribution in [0.15, 0.2) is 29.0 Å². The Hall–Kier alpha value is -3.83. The Kier molecular flexibility index (Phi) is 10.5. The largest absolute Gasteiger partial charge is 0.467 e. The van der Waals surface area contributed by atoms with Crippen LogP contribution in [0, 0.1) is 5.92 Å². The lowest BCUT2D eigenvalue weighted by Gasteiger charge is -2.43. The predicted molar refractivity (Wildman–Crippen MR) is 158 cm³/mol. The molecule has 0 bridgehead atoms. The monoisotopic (exact) mass is 586 g/mol. The number of furan rings is 1. The molecule has 0 radical (unpaired) electrons. The highest BCUT2D eigenvalue weighted by atomic mass is 16.6. The molecule has 0 unspecified atom stereocenters. The minimum atomic E-state index is -0.705. The molecule has 232 valence electrons. The molecule has 3 amide bonds. The first-order valence-corrected chi connectivity index (χ1v) is 14.3. The topological polar surface area (TPSA) is 139 Å². The van der Waals surface area contributed by atoms with Gasteiger partial charge in [0.15, 0.2) is 0 Å². The summed E-state index contributed by atoms with van der Waals surface area (Å²) in [7, 11) is 1.29. The average Bonchev–Trinajstić information content (AvgIpc) is 3.42. The molecule has 3 rings (SSSR count). The predicted octanol–water partition coefficient (Wildman–Crippen LogP) is 4.81. The lowest BCUT2D eigenvalue weighted by atomic mass is 9.95. The lowest BCUT2D eigenvalue weighted by Crippen LogP contribution is -2.60. The van der Waals surface area contributed by atoms with Crippen LogP contribution in [0.5, 0.6) is 0 Å². The Labute approximate surface area is 248 Å². The van der Waals surface area contributed by atoms with Crippen molar-refractivity contribution in [3.05, 3.63) is 41.7 Å². The van der Waals surface area contributed by atoms with Crippen LogP contribution in [0.1, 0.15) is 83.8 Å². The smallest absolute Gasteiger partial charge is 0.410 e. The number of carbonyl (C=O) groups is 3. The van der Waals surface area contributed by atoms with Gasteiger partial charge in [-0.05, 0) is 45.2 Å². The first-order valence-electron chi connectivity index (χ1n) is 14.3. The number of nitrogens with zero attached hydrogens (tertiary/aromatic N) is 4. The number of alkyl carbamates (subject to hydrolysis) is 1. The number of anilines is 1. The second kappa shape index (κ2) is 13.4. The molecule has 1 aliphatic heterocycles. The molecule has 2 N–H and O–H groups in total. The van der Waals surface area contributed by atoms with Crippen molar-refractivity contribution in [1.29, 1.82) is 0 Å². The number of aromatic nitrogens is 2. The summed E-state index contributed by atoms with van der Waals surface area (Å²) in [5, 5.41) is 6.07. The second-order valence-corrected chi connectivity index (χ2v) is 13.1. The Balaban J connectivity index is 1.99. The molecular formula is C30H46N6O6. The fraction of sp³-hybridized carbons (Fsp3) is 0.633. The number of rotatable bonds is 8. The van der Waals surface area contributed by atoms with E-state index < -0.39 is 29.9 Å². The first kappa shape index (κ1) is 32.7. The number of methoxy groups -OCH3 is 1. The molecule has 12 heteroatoms. The molecule has 1 aliphatic rings. The quantitative estimate of drug-likeness (QED) is 0.446. The second-order valence-electron chi connectivity index (χ2n) is 13.1. The molecule has 1 saturated heterocycles. The number of hydrogen-bond acceptors (Lipinski definition) is 9. The zero-order chi connectivity index (χ0) is 31.2. The summed E-state index contributed by atoms with van der Waals surface area (Å²) in [5.74, 6) is 1.52. The van der Waals surface area contributed by atoms with Gasteiger partial charge in [-0.15, -0.1) is 0 Å². The number of likely N-dealkylation sites (tertiary alicyclic amines) is 1. The van der Waals surface area contributed by atoms with Gasteiger partial charge in [0.05, 0.1) is 32.0 Å². The molecular weight excluding hydrogens is 540 g/mol. The molecule has 0 spiro atoms. The molecule has 2 atom stereocenters. The van der Waals surface area contributed by atoms with E-state index in [1.54, 1.807) is 44.2 Å². The van der Waals surface area contributed by atoms with Crippen LogP contribution < -0.4 is 10.6 Å². The van der Waals surface area contributed by atoms with E-state index in [9.17, 15) is 14.4 Å². The highest BCUT2D eigenvalue weighted by Gasteiger charge is 2.39. The van der Waals surface area contributed by atoms with E-state index in [2.05, 4.69) is 15.6 Å². The summed E-state index contributed by atoms with van der Waals surface area (Å²) < 4.78 is 15.9. The Bertz CT molecular complexity index is 1220. The van der Waals surface area contributed by atoms with E-state index in [-0.39, 0.29) is 30.3 Å². The van der Waals surface area contributed by atoms with E-state index in [1.165, 1.54) is 12.0 Å². The van der Waals surface area contributed by atoms with E-state index in [1.807, 2.05) is 40.7 Å². The van der Waals surface area contributed by atoms with Gasteiger partial charge in [-0.25, -0.2) is 19.6 Å². The Morgan fingerprint density at radius 2 is 1.88 bits per heavy atom. The zero-order valence-electron chi connectivity index (χ0n) is 26.3. The maximum atomic E-state index is 14.3. The molecule has 2 aromatic heterocycles. The zero-order valence-corrected chi connectivity index (χ0v) is 26.3. The van der Waals surface area contributed by atoms with Crippen molar-refractivity contribution in [2.45, 2.75) is 91.5 Å². The van der Waals surface area contributed by atoms with Gasteiger partial charge in [0.1, 0.15) is 28.6 Å². The molecule has 0 aromatic carbocycles. The van der Waals surface area contributed by atoms with Crippen molar-refractivity contribution in [2.24, 2.45) is 5.92 Å². The summed E-state index contributed by atoms with van der Waals surface area (Å²) in [4.78, 5) is 52.2. The molecule has 0 saturated carbocycles. The maximum Gasteiger partial charge on any atom is 0.410 e. The van der Waals surface area contributed by atoms with Gasteiger partial charge in [-0.1, -0.05) is 34.6 Å². The molecule has 12 nitrogen and oxygen atoms in total. The third kappa shape index (κ3) is 9.09. The molecule has 2 aromatic rings. The van der Waals surface area contributed by atoms with Crippen molar-refractivity contribution < 1.29 is 28.3 Å². The van der Waals surface area contributed by atoms with E-state index in [4.69, 9.17) is 18.9 Å². The summed E-state index contributed by atoms with van der Waals surface area (Å²) in [5.41, 5.74) is -0.740. The third-order valence-electron chi connectivity index (χ3n) is 6.55. The normalized spacial score (nSPS) is 17.5. The van der Waals surface area contributed by atoms with Gasteiger partial charge in [0.2, 0.25) is 0 Å². The van der Waals surface area contributed by atoms with Crippen molar-refractivity contribution >= 4 is 23.9 Å². The van der Waals surface area contributed by atoms with Gasteiger partial charge in [0, 0.05) is 31.2 Å².